The normalized spacial score (nSPS) is 26.9. The zero-order chi connectivity index (χ0) is 20.5. The molecule has 2 amide bonds. The summed E-state index contributed by atoms with van der Waals surface area (Å²) in [5, 5.41) is 23.2. The number of phenols is 1. The molecule has 2 saturated heterocycles. The van der Waals surface area contributed by atoms with Gasteiger partial charge in [-0.05, 0) is 44.4 Å². The third-order valence-electron chi connectivity index (χ3n) is 5.95. The molecule has 2 heterocycles. The predicted molar refractivity (Wildman–Crippen MR) is 99.3 cm³/mol. The Bertz CT molecular complexity index is 763. The summed E-state index contributed by atoms with van der Waals surface area (Å²) < 4.78 is 19.5. The van der Waals surface area contributed by atoms with Gasteiger partial charge in [0.2, 0.25) is 5.91 Å². The second kappa shape index (κ2) is 7.67. The molecule has 28 heavy (non-hydrogen) atoms. The first kappa shape index (κ1) is 20.5. The molecule has 0 aromatic heterocycles. The number of rotatable bonds is 3. The van der Waals surface area contributed by atoms with Gasteiger partial charge in [0.25, 0.3) is 5.91 Å². The Hall–Kier alpha value is -2.19. The molecule has 8 heteroatoms. The van der Waals surface area contributed by atoms with Crippen molar-refractivity contribution in [1.29, 1.82) is 0 Å². The van der Waals surface area contributed by atoms with Gasteiger partial charge in [0.05, 0.1) is 11.1 Å². The molecule has 0 radical (unpaired) electrons. The number of carbonyl (C=O) groups is 2. The summed E-state index contributed by atoms with van der Waals surface area (Å²) >= 11 is 0. The lowest BCUT2D eigenvalue weighted by molar-refractivity contribution is -0.205. The number of benzene rings is 1. The summed E-state index contributed by atoms with van der Waals surface area (Å²) in [4.78, 5) is 26.1. The summed E-state index contributed by atoms with van der Waals surface area (Å²) in [6.45, 7) is 4.68. The van der Waals surface area contributed by atoms with Crippen molar-refractivity contribution in [2.24, 2.45) is 0 Å². The summed E-state index contributed by atoms with van der Waals surface area (Å²) in [6.07, 6.45) is 0.780. The van der Waals surface area contributed by atoms with Crippen molar-refractivity contribution in [2.75, 3.05) is 19.7 Å². The van der Waals surface area contributed by atoms with Crippen LogP contribution in [0.3, 0.4) is 0 Å². The van der Waals surface area contributed by atoms with E-state index in [1.807, 2.05) is 6.92 Å². The Balaban J connectivity index is 1.70. The van der Waals surface area contributed by atoms with E-state index in [0.717, 1.165) is 12.1 Å². The molecule has 0 saturated carbocycles. The SMILES string of the molecule is CCC(=O)N[C@@]1(C)CCOC2(CCN(C(=O)c3ccc(O)c(F)c3)CC2)[C@@H]1O. The number of nitrogens with one attached hydrogen (secondary N) is 1. The summed E-state index contributed by atoms with van der Waals surface area (Å²) in [5.41, 5.74) is -1.45. The number of aliphatic hydroxyl groups excluding tert-OH is 1. The molecule has 7 nitrogen and oxygen atoms in total. The maximum absolute atomic E-state index is 13.6. The lowest BCUT2D eigenvalue weighted by atomic mass is 9.73. The molecule has 0 bridgehead atoms. The van der Waals surface area contributed by atoms with Gasteiger partial charge in [-0.1, -0.05) is 6.92 Å². The number of amides is 2. The molecule has 0 aliphatic carbocycles. The van der Waals surface area contributed by atoms with E-state index < -0.39 is 28.8 Å². The van der Waals surface area contributed by atoms with Crippen molar-refractivity contribution in [3.63, 3.8) is 0 Å². The largest absolute Gasteiger partial charge is 0.505 e. The summed E-state index contributed by atoms with van der Waals surface area (Å²) in [5.74, 6) is -1.80. The van der Waals surface area contributed by atoms with Gasteiger partial charge in [-0.2, -0.15) is 0 Å². The second-order valence-electron chi connectivity index (χ2n) is 7.84. The highest BCUT2D eigenvalue weighted by atomic mass is 19.1. The average Bonchev–Trinajstić information content (AvgIpc) is 2.68. The van der Waals surface area contributed by atoms with Crippen LogP contribution < -0.4 is 5.32 Å². The minimum absolute atomic E-state index is 0.124. The van der Waals surface area contributed by atoms with Crippen molar-refractivity contribution in [2.45, 2.75) is 56.8 Å². The smallest absolute Gasteiger partial charge is 0.253 e. The fourth-order valence-corrected chi connectivity index (χ4v) is 4.13. The van der Waals surface area contributed by atoms with Crippen molar-refractivity contribution in [3.05, 3.63) is 29.6 Å². The van der Waals surface area contributed by atoms with Gasteiger partial charge in [-0.25, -0.2) is 4.39 Å². The van der Waals surface area contributed by atoms with Gasteiger partial charge in [0.15, 0.2) is 11.6 Å². The van der Waals surface area contributed by atoms with E-state index in [1.54, 1.807) is 11.8 Å². The van der Waals surface area contributed by atoms with Gasteiger partial charge in [-0.15, -0.1) is 0 Å². The van der Waals surface area contributed by atoms with Crippen molar-refractivity contribution in [3.8, 4) is 5.75 Å². The predicted octanol–water partition coefficient (Wildman–Crippen LogP) is 1.57. The number of likely N-dealkylation sites (tertiary alicyclic amines) is 1. The van der Waals surface area contributed by atoms with Crippen LogP contribution in [0.4, 0.5) is 4.39 Å². The number of hydrogen-bond acceptors (Lipinski definition) is 5. The van der Waals surface area contributed by atoms with Crippen LogP contribution in [-0.2, 0) is 9.53 Å². The zero-order valence-corrected chi connectivity index (χ0v) is 16.2. The third kappa shape index (κ3) is 3.71. The topological polar surface area (TPSA) is 99.1 Å². The minimum atomic E-state index is -0.896. The number of halogens is 1. The third-order valence-corrected chi connectivity index (χ3v) is 5.95. The van der Waals surface area contributed by atoms with Gasteiger partial charge in [0, 0.05) is 31.7 Å². The minimum Gasteiger partial charge on any atom is -0.505 e. The van der Waals surface area contributed by atoms with Gasteiger partial charge >= 0.3 is 0 Å². The van der Waals surface area contributed by atoms with Crippen LogP contribution in [0.2, 0.25) is 0 Å². The van der Waals surface area contributed by atoms with Crippen LogP contribution in [0.15, 0.2) is 18.2 Å². The van der Waals surface area contributed by atoms with Gasteiger partial charge in [-0.3, -0.25) is 9.59 Å². The van der Waals surface area contributed by atoms with Crippen molar-refractivity contribution < 1.29 is 28.9 Å². The van der Waals surface area contributed by atoms with Crippen LogP contribution in [0.5, 0.6) is 5.75 Å². The molecule has 2 aliphatic rings. The monoisotopic (exact) mass is 394 g/mol. The maximum atomic E-state index is 13.6. The molecule has 0 unspecified atom stereocenters. The molecule has 154 valence electrons. The molecule has 3 rings (SSSR count). The Morgan fingerprint density at radius 3 is 2.61 bits per heavy atom. The molecule has 1 aromatic rings. The molecule has 2 atom stereocenters. The van der Waals surface area contributed by atoms with Crippen molar-refractivity contribution in [1.82, 2.24) is 10.2 Å². The highest BCUT2D eigenvalue weighted by molar-refractivity contribution is 5.94. The molecule has 2 fully saturated rings. The summed E-state index contributed by atoms with van der Waals surface area (Å²) in [7, 11) is 0. The lowest BCUT2D eigenvalue weighted by Gasteiger charge is -2.53. The Kier molecular flexibility index (Phi) is 5.63. The first-order valence-electron chi connectivity index (χ1n) is 9.61. The van der Waals surface area contributed by atoms with Crippen LogP contribution >= 0.6 is 0 Å². The standard InChI is InChI=1S/C20H27FN2O5/c1-3-16(25)22-19(2)8-11-28-20(18(19)27)6-9-23(10-7-20)17(26)13-4-5-15(24)14(21)12-13/h4-5,12,18,24,27H,3,6-11H2,1-2H3,(H,22,25)/t18-,19+/m1/s1. The molecule has 2 aliphatic heterocycles. The quantitative estimate of drug-likeness (QED) is 0.723. The number of phenolic OH excluding ortho intramolecular Hbond substituents is 1. The maximum Gasteiger partial charge on any atom is 0.253 e. The number of aromatic hydroxyl groups is 1. The fourth-order valence-electron chi connectivity index (χ4n) is 4.13. The van der Waals surface area contributed by atoms with E-state index in [2.05, 4.69) is 5.32 Å². The fraction of sp³-hybridized carbons (Fsp3) is 0.600. The molecule has 1 aromatic carbocycles. The van der Waals surface area contributed by atoms with Gasteiger partial charge in [0.1, 0.15) is 6.10 Å². The number of carbonyl (C=O) groups excluding carboxylic acids is 2. The van der Waals surface area contributed by atoms with Crippen LogP contribution in [-0.4, -0.2) is 63.9 Å². The highest BCUT2D eigenvalue weighted by Gasteiger charge is 2.54. The van der Waals surface area contributed by atoms with Gasteiger partial charge < -0.3 is 25.2 Å². The van der Waals surface area contributed by atoms with E-state index >= 15 is 0 Å². The number of ether oxygens (including phenoxy) is 1. The second-order valence-corrected chi connectivity index (χ2v) is 7.84. The molecule has 3 N–H and O–H groups in total. The van der Waals surface area contributed by atoms with E-state index in [4.69, 9.17) is 4.74 Å². The zero-order valence-electron chi connectivity index (χ0n) is 16.2. The van der Waals surface area contributed by atoms with E-state index in [-0.39, 0.29) is 17.4 Å². The van der Waals surface area contributed by atoms with Crippen LogP contribution in [0.25, 0.3) is 0 Å². The van der Waals surface area contributed by atoms with Crippen LogP contribution in [0.1, 0.15) is 49.9 Å². The Morgan fingerprint density at radius 2 is 2.00 bits per heavy atom. The lowest BCUT2D eigenvalue weighted by Crippen LogP contribution is -2.69. The number of hydrogen-bond donors (Lipinski definition) is 3. The van der Waals surface area contributed by atoms with Crippen LogP contribution in [0, 0.1) is 5.82 Å². The molecular formula is C20H27FN2O5. The average molecular weight is 394 g/mol. The van der Waals surface area contributed by atoms with E-state index in [9.17, 15) is 24.2 Å². The highest BCUT2D eigenvalue weighted by Crippen LogP contribution is 2.40. The Labute approximate surface area is 163 Å². The first-order chi connectivity index (χ1) is 13.2. The van der Waals surface area contributed by atoms with E-state index in [0.29, 0.717) is 45.4 Å². The Morgan fingerprint density at radius 1 is 1.32 bits per heavy atom. The summed E-state index contributed by atoms with van der Waals surface area (Å²) in [6, 6.07) is 3.56. The number of nitrogens with zero attached hydrogens (tertiary/aromatic N) is 1. The van der Waals surface area contributed by atoms with E-state index in [1.165, 1.54) is 6.07 Å². The first-order valence-corrected chi connectivity index (χ1v) is 9.61. The molecule has 1 spiro atoms. The number of piperidine rings is 1. The van der Waals surface area contributed by atoms with Crippen molar-refractivity contribution >= 4 is 11.8 Å². The number of aliphatic hydroxyl groups is 1. The molecular weight excluding hydrogens is 367 g/mol.